The number of nitrogens with one attached hydrogen (secondary N) is 1. The Morgan fingerprint density at radius 2 is 2.31 bits per heavy atom. The molecule has 0 aromatic carbocycles. The van der Waals surface area contributed by atoms with Crippen molar-refractivity contribution in [1.29, 1.82) is 0 Å². The van der Waals surface area contributed by atoms with Gasteiger partial charge in [0.1, 0.15) is 0 Å². The SMILES string of the molecule is CC(=O)N(C[C@@H]1CCNC1)C(C)C. The maximum Gasteiger partial charge on any atom is 0.219 e. The van der Waals surface area contributed by atoms with Crippen molar-refractivity contribution in [3.8, 4) is 0 Å². The molecule has 1 aliphatic heterocycles. The molecule has 1 rings (SSSR count). The number of carbonyl (C=O) groups is 1. The molecule has 3 heteroatoms. The number of hydrogen-bond acceptors (Lipinski definition) is 2. The Morgan fingerprint density at radius 1 is 1.62 bits per heavy atom. The zero-order valence-electron chi connectivity index (χ0n) is 8.84. The van der Waals surface area contributed by atoms with Crippen molar-refractivity contribution < 1.29 is 4.79 Å². The molecular weight excluding hydrogens is 164 g/mol. The fourth-order valence-corrected chi connectivity index (χ4v) is 1.85. The highest BCUT2D eigenvalue weighted by molar-refractivity contribution is 5.73. The molecule has 0 aromatic heterocycles. The van der Waals surface area contributed by atoms with E-state index in [0.717, 1.165) is 19.6 Å². The lowest BCUT2D eigenvalue weighted by atomic mass is 10.1. The van der Waals surface area contributed by atoms with E-state index < -0.39 is 0 Å². The molecule has 0 spiro atoms. The predicted octanol–water partition coefficient (Wildman–Crippen LogP) is 0.853. The summed E-state index contributed by atoms with van der Waals surface area (Å²) in [6.45, 7) is 8.89. The van der Waals surface area contributed by atoms with Crippen molar-refractivity contribution >= 4 is 5.91 Å². The van der Waals surface area contributed by atoms with Gasteiger partial charge in [-0.25, -0.2) is 0 Å². The molecule has 13 heavy (non-hydrogen) atoms. The van der Waals surface area contributed by atoms with Crippen molar-refractivity contribution in [3.63, 3.8) is 0 Å². The number of nitrogens with zero attached hydrogens (tertiary/aromatic N) is 1. The highest BCUT2D eigenvalue weighted by atomic mass is 16.2. The Bertz CT molecular complexity index is 174. The first kappa shape index (κ1) is 10.5. The molecule has 0 saturated carbocycles. The molecule has 0 unspecified atom stereocenters. The zero-order chi connectivity index (χ0) is 9.84. The summed E-state index contributed by atoms with van der Waals surface area (Å²) in [6, 6.07) is 0.332. The van der Waals surface area contributed by atoms with Gasteiger partial charge in [-0.15, -0.1) is 0 Å². The van der Waals surface area contributed by atoms with Crippen LogP contribution in [0.2, 0.25) is 0 Å². The molecule has 1 atom stereocenters. The van der Waals surface area contributed by atoms with Crippen molar-refractivity contribution in [1.82, 2.24) is 10.2 Å². The second-order valence-electron chi connectivity index (χ2n) is 4.12. The third-order valence-corrected chi connectivity index (χ3v) is 2.65. The lowest BCUT2D eigenvalue weighted by Gasteiger charge is -2.27. The lowest BCUT2D eigenvalue weighted by molar-refractivity contribution is -0.131. The number of rotatable bonds is 3. The summed E-state index contributed by atoms with van der Waals surface area (Å²) in [4.78, 5) is 13.2. The predicted molar refractivity (Wildman–Crippen MR) is 53.5 cm³/mol. The van der Waals surface area contributed by atoms with E-state index in [0.29, 0.717) is 12.0 Å². The van der Waals surface area contributed by atoms with Crippen molar-refractivity contribution in [2.24, 2.45) is 5.92 Å². The van der Waals surface area contributed by atoms with Crippen LogP contribution < -0.4 is 5.32 Å². The maximum absolute atomic E-state index is 11.3. The highest BCUT2D eigenvalue weighted by Gasteiger charge is 2.21. The van der Waals surface area contributed by atoms with Gasteiger partial charge in [0.2, 0.25) is 5.91 Å². The highest BCUT2D eigenvalue weighted by Crippen LogP contribution is 2.11. The second kappa shape index (κ2) is 4.61. The molecule has 1 amide bonds. The van der Waals surface area contributed by atoms with Crippen LogP contribution in [0.4, 0.5) is 0 Å². The van der Waals surface area contributed by atoms with Gasteiger partial charge < -0.3 is 10.2 Å². The van der Waals surface area contributed by atoms with Gasteiger partial charge in [0.25, 0.3) is 0 Å². The summed E-state index contributed by atoms with van der Waals surface area (Å²) in [5, 5.41) is 3.32. The van der Waals surface area contributed by atoms with Crippen LogP contribution >= 0.6 is 0 Å². The summed E-state index contributed by atoms with van der Waals surface area (Å²) in [5.41, 5.74) is 0. The van der Waals surface area contributed by atoms with E-state index in [1.54, 1.807) is 6.92 Å². The summed E-state index contributed by atoms with van der Waals surface area (Å²) >= 11 is 0. The molecule has 0 aromatic rings. The first-order valence-corrected chi connectivity index (χ1v) is 5.09. The van der Waals surface area contributed by atoms with E-state index in [-0.39, 0.29) is 5.91 Å². The van der Waals surface area contributed by atoms with Gasteiger partial charge in [0, 0.05) is 19.5 Å². The van der Waals surface area contributed by atoms with Gasteiger partial charge in [-0.2, -0.15) is 0 Å². The van der Waals surface area contributed by atoms with E-state index >= 15 is 0 Å². The van der Waals surface area contributed by atoms with Gasteiger partial charge in [-0.1, -0.05) is 0 Å². The Hall–Kier alpha value is -0.570. The fraction of sp³-hybridized carbons (Fsp3) is 0.900. The number of hydrogen-bond donors (Lipinski definition) is 1. The number of carbonyl (C=O) groups excluding carboxylic acids is 1. The van der Waals surface area contributed by atoms with Crippen LogP contribution in [0.15, 0.2) is 0 Å². The van der Waals surface area contributed by atoms with E-state index in [1.165, 1.54) is 6.42 Å². The van der Waals surface area contributed by atoms with Crippen LogP contribution in [0.5, 0.6) is 0 Å². The number of amides is 1. The topological polar surface area (TPSA) is 32.3 Å². The van der Waals surface area contributed by atoms with E-state index in [4.69, 9.17) is 0 Å². The van der Waals surface area contributed by atoms with Crippen molar-refractivity contribution in [2.75, 3.05) is 19.6 Å². The quantitative estimate of drug-likeness (QED) is 0.705. The Labute approximate surface area is 80.5 Å². The molecule has 1 aliphatic rings. The average molecular weight is 184 g/mol. The summed E-state index contributed by atoms with van der Waals surface area (Å²) < 4.78 is 0. The van der Waals surface area contributed by atoms with E-state index in [9.17, 15) is 4.79 Å². The van der Waals surface area contributed by atoms with Crippen LogP contribution in [-0.4, -0.2) is 36.5 Å². The largest absolute Gasteiger partial charge is 0.340 e. The van der Waals surface area contributed by atoms with Gasteiger partial charge in [0.05, 0.1) is 0 Å². The Morgan fingerprint density at radius 3 is 2.69 bits per heavy atom. The molecular formula is C10H20N2O. The normalized spacial score (nSPS) is 22.3. The molecule has 0 aliphatic carbocycles. The molecule has 76 valence electrons. The van der Waals surface area contributed by atoms with Crippen LogP contribution in [0.25, 0.3) is 0 Å². The van der Waals surface area contributed by atoms with Crippen molar-refractivity contribution in [3.05, 3.63) is 0 Å². The molecule has 3 nitrogen and oxygen atoms in total. The van der Waals surface area contributed by atoms with Gasteiger partial charge >= 0.3 is 0 Å². The van der Waals surface area contributed by atoms with Gasteiger partial charge in [0.15, 0.2) is 0 Å². The monoisotopic (exact) mass is 184 g/mol. The second-order valence-corrected chi connectivity index (χ2v) is 4.12. The maximum atomic E-state index is 11.3. The minimum atomic E-state index is 0.196. The van der Waals surface area contributed by atoms with Gasteiger partial charge in [-0.05, 0) is 39.3 Å². The Balaban J connectivity index is 2.41. The first-order valence-electron chi connectivity index (χ1n) is 5.09. The van der Waals surface area contributed by atoms with Gasteiger partial charge in [-0.3, -0.25) is 4.79 Å². The molecule has 1 saturated heterocycles. The van der Waals surface area contributed by atoms with Crippen LogP contribution in [0, 0.1) is 5.92 Å². The minimum Gasteiger partial charge on any atom is -0.340 e. The van der Waals surface area contributed by atoms with Crippen LogP contribution in [-0.2, 0) is 4.79 Å². The smallest absolute Gasteiger partial charge is 0.219 e. The molecule has 1 N–H and O–H groups in total. The minimum absolute atomic E-state index is 0.196. The average Bonchev–Trinajstić information content (AvgIpc) is 2.50. The molecule has 1 fully saturated rings. The van der Waals surface area contributed by atoms with E-state index in [1.807, 2.05) is 4.90 Å². The fourth-order valence-electron chi connectivity index (χ4n) is 1.85. The summed E-state index contributed by atoms with van der Waals surface area (Å²) in [6.07, 6.45) is 1.20. The van der Waals surface area contributed by atoms with Crippen molar-refractivity contribution in [2.45, 2.75) is 33.2 Å². The van der Waals surface area contributed by atoms with E-state index in [2.05, 4.69) is 19.2 Å². The molecule has 1 heterocycles. The van der Waals surface area contributed by atoms with Crippen LogP contribution in [0.1, 0.15) is 27.2 Å². The van der Waals surface area contributed by atoms with Crippen LogP contribution in [0.3, 0.4) is 0 Å². The summed E-state index contributed by atoms with van der Waals surface area (Å²) in [7, 11) is 0. The first-order chi connectivity index (χ1) is 6.11. The Kier molecular flexibility index (Phi) is 3.72. The zero-order valence-corrected chi connectivity index (χ0v) is 8.84. The third kappa shape index (κ3) is 2.99. The summed E-state index contributed by atoms with van der Waals surface area (Å²) in [5.74, 6) is 0.855. The molecule has 0 bridgehead atoms. The lowest BCUT2D eigenvalue weighted by Crippen LogP contribution is -2.39. The molecule has 0 radical (unpaired) electrons. The third-order valence-electron chi connectivity index (χ3n) is 2.65. The standard InChI is InChI=1S/C10H20N2O/c1-8(2)12(9(3)13)7-10-4-5-11-6-10/h8,10-11H,4-7H2,1-3H3/t10-/m1/s1.